The molecule has 0 N–H and O–H groups in total. The Balaban J connectivity index is 1.71. The highest BCUT2D eigenvalue weighted by atomic mass is 32.2. The van der Waals surface area contributed by atoms with Gasteiger partial charge < -0.3 is 9.30 Å². The van der Waals surface area contributed by atoms with Gasteiger partial charge in [0, 0.05) is 12.3 Å². The van der Waals surface area contributed by atoms with Crippen molar-refractivity contribution in [2.24, 2.45) is 0 Å². The molecule has 6 heteroatoms. The van der Waals surface area contributed by atoms with E-state index in [0.29, 0.717) is 5.75 Å². The Labute approximate surface area is 157 Å². The maximum Gasteiger partial charge on any atom is 0.191 e. The van der Waals surface area contributed by atoms with Crippen LogP contribution in [0.4, 0.5) is 4.39 Å². The van der Waals surface area contributed by atoms with Crippen LogP contribution in [0.2, 0.25) is 0 Å². The molecule has 1 unspecified atom stereocenters. The van der Waals surface area contributed by atoms with Gasteiger partial charge in [0.1, 0.15) is 11.6 Å². The Morgan fingerprint density at radius 3 is 2.62 bits per heavy atom. The normalized spacial score (nSPS) is 12.2. The van der Waals surface area contributed by atoms with E-state index >= 15 is 0 Å². The second kappa shape index (κ2) is 8.36. The van der Waals surface area contributed by atoms with Crippen LogP contribution in [-0.4, -0.2) is 14.8 Å². The lowest BCUT2D eigenvalue weighted by molar-refractivity contribution is 0.209. The third-order valence-electron chi connectivity index (χ3n) is 4.00. The smallest absolute Gasteiger partial charge is 0.191 e. The summed E-state index contributed by atoms with van der Waals surface area (Å²) in [4.78, 5) is 0. The van der Waals surface area contributed by atoms with E-state index < -0.39 is 0 Å². The van der Waals surface area contributed by atoms with Gasteiger partial charge in [-0.2, -0.15) is 0 Å². The Bertz CT molecular complexity index is 864. The van der Waals surface area contributed by atoms with Gasteiger partial charge in [-0.05, 0) is 50.6 Å². The lowest BCUT2D eigenvalue weighted by Crippen LogP contribution is -2.12. The predicted molar refractivity (Wildman–Crippen MR) is 102 cm³/mol. The second-order valence-electron chi connectivity index (χ2n) is 6.08. The zero-order valence-electron chi connectivity index (χ0n) is 15.1. The lowest BCUT2D eigenvalue weighted by Gasteiger charge is -2.15. The minimum absolute atomic E-state index is 0.277. The van der Waals surface area contributed by atoms with Crippen molar-refractivity contribution in [2.75, 3.05) is 0 Å². The molecule has 3 rings (SSSR count). The molecular weight excluding hydrogens is 349 g/mol. The van der Waals surface area contributed by atoms with Crippen LogP contribution in [0.25, 0.3) is 0 Å². The molecule has 2 aromatic carbocycles. The first-order valence-electron chi connectivity index (χ1n) is 8.60. The number of halogens is 1. The zero-order chi connectivity index (χ0) is 18.5. The number of thioether (sulfide) groups is 1. The molecule has 4 nitrogen and oxygen atoms in total. The fourth-order valence-electron chi connectivity index (χ4n) is 2.72. The minimum Gasteiger partial charge on any atom is -0.483 e. The van der Waals surface area contributed by atoms with Crippen molar-refractivity contribution < 1.29 is 9.13 Å². The van der Waals surface area contributed by atoms with Crippen molar-refractivity contribution in [3.63, 3.8) is 0 Å². The van der Waals surface area contributed by atoms with Crippen LogP contribution in [0.1, 0.15) is 36.9 Å². The van der Waals surface area contributed by atoms with Gasteiger partial charge in [-0.15, -0.1) is 10.2 Å². The van der Waals surface area contributed by atoms with Crippen molar-refractivity contribution in [1.82, 2.24) is 14.8 Å². The first kappa shape index (κ1) is 18.5. The third kappa shape index (κ3) is 4.43. The summed E-state index contributed by atoms with van der Waals surface area (Å²) in [6.45, 7) is 6.84. The summed E-state index contributed by atoms with van der Waals surface area (Å²) in [7, 11) is 0. The van der Waals surface area contributed by atoms with Gasteiger partial charge in [-0.1, -0.05) is 41.6 Å². The number of aromatic nitrogens is 3. The van der Waals surface area contributed by atoms with Gasteiger partial charge in [0.05, 0.1) is 0 Å². The minimum atomic E-state index is -0.281. The predicted octanol–water partition coefficient (Wildman–Crippen LogP) is 5.18. The number of benzene rings is 2. The molecule has 0 spiro atoms. The second-order valence-corrected chi connectivity index (χ2v) is 7.02. The molecule has 0 saturated carbocycles. The summed E-state index contributed by atoms with van der Waals surface area (Å²) in [6.07, 6.45) is -0.277. The monoisotopic (exact) mass is 371 g/mol. The lowest BCUT2D eigenvalue weighted by atomic mass is 10.2. The maximum atomic E-state index is 13.0. The molecule has 0 aliphatic rings. The van der Waals surface area contributed by atoms with E-state index in [1.54, 1.807) is 23.9 Å². The quantitative estimate of drug-likeness (QED) is 0.537. The summed E-state index contributed by atoms with van der Waals surface area (Å²) < 4.78 is 21.0. The molecular formula is C20H22FN3OS. The van der Waals surface area contributed by atoms with Crippen LogP contribution < -0.4 is 4.74 Å². The molecule has 26 heavy (non-hydrogen) atoms. The highest BCUT2D eigenvalue weighted by Crippen LogP contribution is 2.26. The number of aryl methyl sites for hydroxylation is 1. The van der Waals surface area contributed by atoms with Gasteiger partial charge in [0.2, 0.25) is 0 Å². The van der Waals surface area contributed by atoms with Gasteiger partial charge in [0.15, 0.2) is 17.1 Å². The molecule has 0 bridgehead atoms. The number of rotatable bonds is 7. The fraction of sp³-hybridized carbons (Fsp3) is 0.300. The van der Waals surface area contributed by atoms with Gasteiger partial charge in [0.25, 0.3) is 0 Å². The zero-order valence-corrected chi connectivity index (χ0v) is 16.0. The summed E-state index contributed by atoms with van der Waals surface area (Å²) in [5.74, 6) is 1.94. The van der Waals surface area contributed by atoms with Crippen molar-refractivity contribution >= 4 is 11.8 Å². The van der Waals surface area contributed by atoms with E-state index in [-0.39, 0.29) is 11.9 Å². The number of nitrogens with zero attached hydrogens (tertiary/aromatic N) is 3. The van der Waals surface area contributed by atoms with E-state index in [2.05, 4.69) is 52.9 Å². The molecule has 0 aliphatic carbocycles. The van der Waals surface area contributed by atoms with E-state index in [1.165, 1.54) is 23.3 Å². The largest absolute Gasteiger partial charge is 0.483 e. The molecule has 1 atom stereocenters. The Kier molecular flexibility index (Phi) is 5.93. The van der Waals surface area contributed by atoms with Crippen molar-refractivity contribution in [2.45, 2.75) is 44.3 Å². The van der Waals surface area contributed by atoms with Crippen LogP contribution in [0.15, 0.2) is 53.7 Å². The summed E-state index contributed by atoms with van der Waals surface area (Å²) in [5.41, 5.74) is 2.51. The number of hydrogen-bond acceptors (Lipinski definition) is 4. The molecule has 0 saturated heterocycles. The molecule has 136 valence electrons. The Morgan fingerprint density at radius 2 is 1.92 bits per heavy atom. The topological polar surface area (TPSA) is 39.9 Å². The average molecular weight is 371 g/mol. The van der Waals surface area contributed by atoms with Gasteiger partial charge in [-0.3, -0.25) is 0 Å². The summed E-state index contributed by atoms with van der Waals surface area (Å²) in [5, 5.41) is 9.53. The van der Waals surface area contributed by atoms with Crippen LogP contribution in [0, 0.1) is 12.7 Å². The van der Waals surface area contributed by atoms with Gasteiger partial charge >= 0.3 is 0 Å². The molecule has 3 aromatic rings. The molecule has 0 amide bonds. The molecule has 1 aromatic heterocycles. The SMILES string of the molecule is CCn1c(SCc2cccc(C)c2)nnc1C(C)Oc1ccc(F)cc1. The Hall–Kier alpha value is -2.34. The van der Waals surface area contributed by atoms with Gasteiger partial charge in [-0.25, -0.2) is 4.39 Å². The molecule has 0 aliphatic heterocycles. The van der Waals surface area contributed by atoms with Crippen molar-refractivity contribution in [3.8, 4) is 5.75 Å². The maximum absolute atomic E-state index is 13.0. The average Bonchev–Trinajstić information content (AvgIpc) is 3.05. The highest BCUT2D eigenvalue weighted by molar-refractivity contribution is 7.98. The first-order valence-corrected chi connectivity index (χ1v) is 9.59. The molecule has 0 fully saturated rings. The standard InChI is InChI=1S/C20H22FN3OS/c1-4-24-19(15(3)25-18-10-8-17(21)9-11-18)22-23-20(24)26-13-16-7-5-6-14(2)12-16/h5-12,15H,4,13H2,1-3H3. The summed E-state index contributed by atoms with van der Waals surface area (Å²) >= 11 is 1.66. The van der Waals surface area contributed by atoms with Crippen molar-refractivity contribution in [3.05, 3.63) is 71.3 Å². The van der Waals surface area contributed by atoms with E-state index in [4.69, 9.17) is 4.74 Å². The number of ether oxygens (including phenoxy) is 1. The van der Waals surface area contributed by atoms with E-state index in [9.17, 15) is 4.39 Å². The summed E-state index contributed by atoms with van der Waals surface area (Å²) in [6, 6.07) is 14.5. The van der Waals surface area contributed by atoms with Crippen LogP contribution in [0.3, 0.4) is 0 Å². The third-order valence-corrected chi connectivity index (χ3v) is 5.04. The molecule has 1 heterocycles. The van der Waals surface area contributed by atoms with Crippen LogP contribution in [-0.2, 0) is 12.3 Å². The first-order chi connectivity index (χ1) is 12.6. The fourth-order valence-corrected chi connectivity index (χ4v) is 3.68. The molecule has 0 radical (unpaired) electrons. The van der Waals surface area contributed by atoms with Crippen LogP contribution in [0.5, 0.6) is 5.75 Å². The van der Waals surface area contributed by atoms with E-state index in [1.807, 2.05) is 6.92 Å². The Morgan fingerprint density at radius 1 is 1.15 bits per heavy atom. The number of hydrogen-bond donors (Lipinski definition) is 0. The van der Waals surface area contributed by atoms with E-state index in [0.717, 1.165) is 23.3 Å². The van der Waals surface area contributed by atoms with Crippen LogP contribution >= 0.6 is 11.8 Å². The van der Waals surface area contributed by atoms with Crippen molar-refractivity contribution in [1.29, 1.82) is 0 Å². The highest BCUT2D eigenvalue weighted by Gasteiger charge is 2.18.